The first-order valence-corrected chi connectivity index (χ1v) is 5.20. The molecule has 1 fully saturated rings. The zero-order valence-electron chi connectivity index (χ0n) is 8.38. The Morgan fingerprint density at radius 2 is 2.00 bits per heavy atom. The first-order valence-electron chi connectivity index (χ1n) is 5.20. The Morgan fingerprint density at radius 3 is 2.50 bits per heavy atom. The lowest BCUT2D eigenvalue weighted by molar-refractivity contribution is -0.00398. The maximum absolute atomic E-state index is 5.67. The molecule has 1 aliphatic rings. The van der Waals surface area contributed by atoms with Crippen LogP contribution in [-0.4, -0.2) is 37.2 Å². The van der Waals surface area contributed by atoms with E-state index in [1.807, 2.05) is 0 Å². The van der Waals surface area contributed by atoms with Crippen LogP contribution in [-0.2, 0) is 4.74 Å². The highest BCUT2D eigenvalue weighted by atomic mass is 16.5. The molecule has 0 amide bonds. The monoisotopic (exact) mass is 171 g/mol. The lowest BCUT2D eigenvalue weighted by Crippen LogP contribution is -2.35. The SMILES string of the molecule is CCN(CC)CC1CCCCO1. The summed E-state index contributed by atoms with van der Waals surface area (Å²) < 4.78 is 5.67. The predicted octanol–water partition coefficient (Wildman–Crippen LogP) is 1.90. The fraction of sp³-hybridized carbons (Fsp3) is 1.00. The van der Waals surface area contributed by atoms with E-state index in [0.29, 0.717) is 6.10 Å². The highest BCUT2D eigenvalue weighted by Crippen LogP contribution is 2.13. The molecule has 0 radical (unpaired) electrons. The Morgan fingerprint density at radius 1 is 1.25 bits per heavy atom. The molecule has 2 heteroatoms. The second-order valence-corrected chi connectivity index (χ2v) is 3.47. The van der Waals surface area contributed by atoms with Crippen LogP contribution in [0.4, 0.5) is 0 Å². The van der Waals surface area contributed by atoms with Gasteiger partial charge in [0.05, 0.1) is 6.10 Å². The molecule has 1 saturated heterocycles. The number of hydrogen-bond donors (Lipinski definition) is 0. The van der Waals surface area contributed by atoms with Crippen molar-refractivity contribution in [2.24, 2.45) is 0 Å². The van der Waals surface area contributed by atoms with E-state index >= 15 is 0 Å². The van der Waals surface area contributed by atoms with Crippen LogP contribution in [0.2, 0.25) is 0 Å². The zero-order valence-corrected chi connectivity index (χ0v) is 8.38. The van der Waals surface area contributed by atoms with Crippen molar-refractivity contribution in [2.45, 2.75) is 39.2 Å². The van der Waals surface area contributed by atoms with Gasteiger partial charge in [-0.3, -0.25) is 0 Å². The second kappa shape index (κ2) is 5.55. The van der Waals surface area contributed by atoms with Gasteiger partial charge < -0.3 is 9.64 Å². The van der Waals surface area contributed by atoms with Crippen molar-refractivity contribution in [3.05, 3.63) is 0 Å². The van der Waals surface area contributed by atoms with E-state index in [1.165, 1.54) is 19.3 Å². The Labute approximate surface area is 75.9 Å². The number of likely N-dealkylation sites (N-methyl/N-ethyl adjacent to an activating group) is 1. The lowest BCUT2D eigenvalue weighted by Gasteiger charge is -2.28. The molecule has 12 heavy (non-hydrogen) atoms. The minimum atomic E-state index is 0.513. The van der Waals surface area contributed by atoms with E-state index in [-0.39, 0.29) is 0 Å². The Hall–Kier alpha value is -0.0800. The van der Waals surface area contributed by atoms with Crippen molar-refractivity contribution in [1.29, 1.82) is 0 Å². The minimum absolute atomic E-state index is 0.513. The molecule has 1 atom stereocenters. The van der Waals surface area contributed by atoms with E-state index in [9.17, 15) is 0 Å². The van der Waals surface area contributed by atoms with E-state index < -0.39 is 0 Å². The van der Waals surface area contributed by atoms with Crippen LogP contribution >= 0.6 is 0 Å². The van der Waals surface area contributed by atoms with Crippen LogP contribution in [0.25, 0.3) is 0 Å². The summed E-state index contributed by atoms with van der Waals surface area (Å²) in [7, 11) is 0. The molecular weight excluding hydrogens is 150 g/mol. The molecule has 1 aliphatic heterocycles. The average molecular weight is 171 g/mol. The fourth-order valence-corrected chi connectivity index (χ4v) is 1.72. The lowest BCUT2D eigenvalue weighted by atomic mass is 10.1. The summed E-state index contributed by atoms with van der Waals surface area (Å²) in [4.78, 5) is 2.44. The van der Waals surface area contributed by atoms with E-state index in [1.54, 1.807) is 0 Å². The van der Waals surface area contributed by atoms with Crippen LogP contribution in [0, 0.1) is 0 Å². The normalized spacial score (nSPS) is 24.8. The van der Waals surface area contributed by atoms with Crippen molar-refractivity contribution in [3.8, 4) is 0 Å². The highest BCUT2D eigenvalue weighted by Gasteiger charge is 2.15. The number of ether oxygens (including phenoxy) is 1. The molecule has 1 rings (SSSR count). The largest absolute Gasteiger partial charge is 0.377 e. The van der Waals surface area contributed by atoms with Gasteiger partial charge in [0.2, 0.25) is 0 Å². The molecular formula is C10H21NO. The van der Waals surface area contributed by atoms with Crippen LogP contribution in [0.5, 0.6) is 0 Å². The molecule has 0 aliphatic carbocycles. The smallest absolute Gasteiger partial charge is 0.0702 e. The molecule has 2 nitrogen and oxygen atoms in total. The fourth-order valence-electron chi connectivity index (χ4n) is 1.72. The molecule has 0 bridgehead atoms. The van der Waals surface area contributed by atoms with Gasteiger partial charge in [-0.1, -0.05) is 13.8 Å². The topological polar surface area (TPSA) is 12.5 Å². The molecule has 0 saturated carbocycles. The maximum Gasteiger partial charge on any atom is 0.0702 e. The molecule has 1 heterocycles. The third-order valence-electron chi connectivity index (χ3n) is 2.63. The quantitative estimate of drug-likeness (QED) is 0.640. The van der Waals surface area contributed by atoms with Gasteiger partial charge in [0, 0.05) is 13.2 Å². The van der Waals surface area contributed by atoms with Gasteiger partial charge in [0.15, 0.2) is 0 Å². The summed E-state index contributed by atoms with van der Waals surface area (Å²) in [5, 5.41) is 0. The van der Waals surface area contributed by atoms with Gasteiger partial charge in [0.1, 0.15) is 0 Å². The molecule has 0 aromatic rings. The van der Waals surface area contributed by atoms with Crippen LogP contribution in [0.3, 0.4) is 0 Å². The summed E-state index contributed by atoms with van der Waals surface area (Å²) in [6.07, 6.45) is 4.38. The third-order valence-corrected chi connectivity index (χ3v) is 2.63. The summed E-state index contributed by atoms with van der Waals surface area (Å²) in [5.41, 5.74) is 0. The van der Waals surface area contributed by atoms with Crippen molar-refractivity contribution in [2.75, 3.05) is 26.2 Å². The standard InChI is InChI=1S/C10H21NO/c1-3-11(4-2)9-10-7-5-6-8-12-10/h10H,3-9H2,1-2H3. The predicted molar refractivity (Wildman–Crippen MR) is 51.4 cm³/mol. The van der Waals surface area contributed by atoms with Crippen LogP contribution < -0.4 is 0 Å². The van der Waals surface area contributed by atoms with E-state index in [0.717, 1.165) is 26.2 Å². The van der Waals surface area contributed by atoms with Crippen molar-refractivity contribution >= 4 is 0 Å². The zero-order chi connectivity index (χ0) is 8.81. The second-order valence-electron chi connectivity index (χ2n) is 3.47. The molecule has 72 valence electrons. The van der Waals surface area contributed by atoms with Crippen molar-refractivity contribution < 1.29 is 4.74 Å². The minimum Gasteiger partial charge on any atom is -0.377 e. The first kappa shape index (κ1) is 10.0. The highest BCUT2D eigenvalue weighted by molar-refractivity contribution is 4.67. The molecule has 0 aromatic heterocycles. The van der Waals surface area contributed by atoms with Crippen molar-refractivity contribution in [1.82, 2.24) is 4.90 Å². The van der Waals surface area contributed by atoms with Gasteiger partial charge in [-0.25, -0.2) is 0 Å². The Balaban J connectivity index is 2.18. The summed E-state index contributed by atoms with van der Waals surface area (Å²) >= 11 is 0. The number of hydrogen-bond acceptors (Lipinski definition) is 2. The Kier molecular flexibility index (Phi) is 4.62. The van der Waals surface area contributed by atoms with Gasteiger partial charge in [0.25, 0.3) is 0 Å². The number of nitrogens with zero attached hydrogens (tertiary/aromatic N) is 1. The summed E-state index contributed by atoms with van der Waals surface area (Å²) in [5.74, 6) is 0. The number of rotatable bonds is 4. The summed E-state index contributed by atoms with van der Waals surface area (Å²) in [6.45, 7) is 8.84. The molecule has 0 N–H and O–H groups in total. The molecule has 1 unspecified atom stereocenters. The maximum atomic E-state index is 5.67. The van der Waals surface area contributed by atoms with E-state index in [4.69, 9.17) is 4.74 Å². The molecule has 0 aromatic carbocycles. The summed E-state index contributed by atoms with van der Waals surface area (Å²) in [6, 6.07) is 0. The van der Waals surface area contributed by atoms with Gasteiger partial charge in [-0.05, 0) is 32.4 Å². The first-order chi connectivity index (χ1) is 5.86. The van der Waals surface area contributed by atoms with E-state index in [2.05, 4.69) is 18.7 Å². The molecule has 0 spiro atoms. The van der Waals surface area contributed by atoms with Crippen LogP contribution in [0.15, 0.2) is 0 Å². The average Bonchev–Trinajstić information content (AvgIpc) is 2.16. The van der Waals surface area contributed by atoms with Gasteiger partial charge in [-0.2, -0.15) is 0 Å². The Bertz CT molecular complexity index is 106. The van der Waals surface area contributed by atoms with Crippen LogP contribution in [0.1, 0.15) is 33.1 Å². The van der Waals surface area contributed by atoms with Gasteiger partial charge >= 0.3 is 0 Å². The van der Waals surface area contributed by atoms with Gasteiger partial charge in [-0.15, -0.1) is 0 Å². The van der Waals surface area contributed by atoms with Crippen molar-refractivity contribution in [3.63, 3.8) is 0 Å². The third kappa shape index (κ3) is 3.11.